The summed E-state index contributed by atoms with van der Waals surface area (Å²) in [7, 11) is 0. The maximum Gasteiger partial charge on any atom is 0.274 e. The van der Waals surface area contributed by atoms with Gasteiger partial charge in [0.15, 0.2) is 0 Å². The fourth-order valence-electron chi connectivity index (χ4n) is 2.92. The molecule has 2 N–H and O–H groups in total. The Hall–Kier alpha value is -3.34. The number of hydrogen-bond donors (Lipinski definition) is 2. The van der Waals surface area contributed by atoms with Gasteiger partial charge in [-0.3, -0.25) is 4.79 Å². The molecule has 0 aliphatic rings. The van der Waals surface area contributed by atoms with Crippen molar-refractivity contribution in [3.63, 3.8) is 0 Å². The van der Waals surface area contributed by atoms with Crippen molar-refractivity contribution in [3.8, 4) is 5.75 Å². The van der Waals surface area contributed by atoms with Crippen LogP contribution in [0.2, 0.25) is 0 Å². The van der Waals surface area contributed by atoms with E-state index in [-0.39, 0.29) is 12.0 Å². The van der Waals surface area contributed by atoms with Crippen LogP contribution in [0.15, 0.2) is 72.9 Å². The zero-order valence-corrected chi connectivity index (χ0v) is 16.9. The van der Waals surface area contributed by atoms with Crippen molar-refractivity contribution in [2.75, 3.05) is 17.2 Å². The Balaban J connectivity index is 1.51. The van der Waals surface area contributed by atoms with E-state index in [0.717, 1.165) is 25.1 Å². The minimum atomic E-state index is -0.263. The fraction of sp³-hybridized carbons (Fsp3) is 0.250. The second-order valence-electron chi connectivity index (χ2n) is 7.06. The van der Waals surface area contributed by atoms with E-state index in [4.69, 9.17) is 4.74 Å². The van der Waals surface area contributed by atoms with Crippen molar-refractivity contribution >= 4 is 17.3 Å². The number of aromatic nitrogens is 1. The number of anilines is 2. The highest BCUT2D eigenvalue weighted by Gasteiger charge is 2.11. The largest absolute Gasteiger partial charge is 0.489 e. The van der Waals surface area contributed by atoms with E-state index in [2.05, 4.69) is 39.9 Å². The number of carbonyl (C=O) groups excluding carboxylic acids is 1. The van der Waals surface area contributed by atoms with Crippen LogP contribution >= 0.6 is 0 Å². The molecule has 1 aromatic heterocycles. The first kappa shape index (κ1) is 20.4. The Labute approximate surface area is 172 Å². The van der Waals surface area contributed by atoms with Gasteiger partial charge in [0.1, 0.15) is 11.4 Å². The van der Waals surface area contributed by atoms with Gasteiger partial charge >= 0.3 is 0 Å². The molecule has 0 saturated heterocycles. The molecule has 1 amide bonds. The zero-order chi connectivity index (χ0) is 20.5. The average molecular weight is 389 g/mol. The molecule has 0 aliphatic heterocycles. The molecule has 2 aromatic carbocycles. The number of hydrogen-bond acceptors (Lipinski definition) is 4. The van der Waals surface area contributed by atoms with E-state index in [1.807, 2.05) is 50.2 Å². The second kappa shape index (κ2) is 10.3. The van der Waals surface area contributed by atoms with Crippen LogP contribution in [0.4, 0.5) is 11.4 Å². The molecular weight excluding hydrogens is 362 g/mol. The lowest BCUT2D eigenvalue weighted by Crippen LogP contribution is -2.16. The number of benzene rings is 2. The number of nitrogens with zero attached hydrogens (tertiary/aromatic N) is 1. The molecule has 1 heterocycles. The number of ether oxygens (including phenoxy) is 1. The molecule has 29 heavy (non-hydrogen) atoms. The Morgan fingerprint density at radius 1 is 1.00 bits per heavy atom. The summed E-state index contributed by atoms with van der Waals surface area (Å²) in [5, 5.41) is 6.22. The van der Waals surface area contributed by atoms with Gasteiger partial charge in [-0.25, -0.2) is 4.98 Å². The number of nitrogens with one attached hydrogen (secondary N) is 2. The number of rotatable bonds is 9. The van der Waals surface area contributed by atoms with Gasteiger partial charge in [-0.2, -0.15) is 0 Å². The molecule has 5 heteroatoms. The van der Waals surface area contributed by atoms with Crippen LogP contribution in [0.1, 0.15) is 36.3 Å². The molecule has 5 nitrogen and oxygen atoms in total. The van der Waals surface area contributed by atoms with Crippen LogP contribution in [-0.4, -0.2) is 23.5 Å². The molecule has 0 saturated carbocycles. The molecule has 0 bridgehead atoms. The minimum Gasteiger partial charge on any atom is -0.489 e. The lowest BCUT2D eigenvalue weighted by atomic mass is 10.1. The topological polar surface area (TPSA) is 63.2 Å². The van der Waals surface area contributed by atoms with E-state index in [0.29, 0.717) is 17.1 Å². The first-order valence-electron chi connectivity index (χ1n) is 9.92. The molecule has 0 atom stereocenters. The third-order valence-corrected chi connectivity index (χ3v) is 4.31. The summed E-state index contributed by atoms with van der Waals surface area (Å²) >= 11 is 0. The minimum absolute atomic E-state index is 0.0263. The normalized spacial score (nSPS) is 10.6. The van der Waals surface area contributed by atoms with E-state index >= 15 is 0 Å². The summed E-state index contributed by atoms with van der Waals surface area (Å²) in [6.07, 6.45) is 3.77. The molecule has 150 valence electrons. The van der Waals surface area contributed by atoms with E-state index in [9.17, 15) is 4.79 Å². The van der Waals surface area contributed by atoms with E-state index in [1.54, 1.807) is 12.3 Å². The van der Waals surface area contributed by atoms with Crippen molar-refractivity contribution in [2.45, 2.75) is 32.8 Å². The molecule has 0 radical (unpaired) electrons. The summed E-state index contributed by atoms with van der Waals surface area (Å²) in [5.41, 5.74) is 3.23. The third-order valence-electron chi connectivity index (χ3n) is 4.31. The lowest BCUT2D eigenvalue weighted by molar-refractivity contribution is 0.102. The van der Waals surface area contributed by atoms with Crippen molar-refractivity contribution in [2.24, 2.45) is 0 Å². The Kier molecular flexibility index (Phi) is 7.22. The summed E-state index contributed by atoms with van der Waals surface area (Å²) < 4.78 is 5.74. The highest BCUT2D eigenvalue weighted by atomic mass is 16.5. The maximum atomic E-state index is 12.5. The Morgan fingerprint density at radius 3 is 2.48 bits per heavy atom. The first-order chi connectivity index (χ1) is 14.1. The number of carbonyl (C=O) groups is 1. The van der Waals surface area contributed by atoms with Gasteiger partial charge in [0.25, 0.3) is 5.91 Å². The number of pyridine rings is 1. The van der Waals surface area contributed by atoms with Crippen molar-refractivity contribution < 1.29 is 9.53 Å². The highest BCUT2D eigenvalue weighted by Crippen LogP contribution is 2.25. The number of aryl methyl sites for hydroxylation is 1. The van der Waals surface area contributed by atoms with Crippen molar-refractivity contribution in [3.05, 3.63) is 84.2 Å². The van der Waals surface area contributed by atoms with Gasteiger partial charge < -0.3 is 15.4 Å². The van der Waals surface area contributed by atoms with Crippen LogP contribution in [0, 0.1) is 0 Å². The predicted molar refractivity (Wildman–Crippen MR) is 118 cm³/mol. The van der Waals surface area contributed by atoms with Gasteiger partial charge in [-0.15, -0.1) is 0 Å². The second-order valence-corrected chi connectivity index (χ2v) is 7.06. The monoisotopic (exact) mass is 389 g/mol. The Bertz CT molecular complexity index is 909. The number of para-hydroxylation sites is 2. The van der Waals surface area contributed by atoms with Gasteiger partial charge in [0, 0.05) is 6.54 Å². The zero-order valence-electron chi connectivity index (χ0n) is 16.9. The lowest BCUT2D eigenvalue weighted by Gasteiger charge is -2.14. The van der Waals surface area contributed by atoms with E-state index < -0.39 is 0 Å². The Morgan fingerprint density at radius 2 is 1.76 bits per heavy atom. The van der Waals surface area contributed by atoms with Gasteiger partial charge in [0.05, 0.1) is 23.7 Å². The fourth-order valence-corrected chi connectivity index (χ4v) is 2.92. The van der Waals surface area contributed by atoms with Gasteiger partial charge in [0.2, 0.25) is 0 Å². The summed E-state index contributed by atoms with van der Waals surface area (Å²) in [6.45, 7) is 4.75. The van der Waals surface area contributed by atoms with Crippen LogP contribution in [0.5, 0.6) is 5.75 Å². The molecule has 0 unspecified atom stereocenters. The molecular formula is C24H27N3O2. The number of amides is 1. The molecule has 0 spiro atoms. The average Bonchev–Trinajstić information content (AvgIpc) is 2.73. The van der Waals surface area contributed by atoms with E-state index in [1.165, 1.54) is 5.56 Å². The van der Waals surface area contributed by atoms with Crippen LogP contribution in [0.25, 0.3) is 0 Å². The summed E-state index contributed by atoms with van der Waals surface area (Å²) in [4.78, 5) is 16.8. The predicted octanol–water partition coefficient (Wildman–Crippen LogP) is 5.17. The summed E-state index contributed by atoms with van der Waals surface area (Å²) in [5.74, 6) is 0.382. The SMILES string of the molecule is CC(C)Oc1ccccc1NC(=O)c1ccc(NCCCc2ccccc2)cn1. The highest BCUT2D eigenvalue weighted by molar-refractivity contribution is 6.03. The molecule has 0 aliphatic carbocycles. The van der Waals surface area contributed by atoms with Crippen molar-refractivity contribution in [1.82, 2.24) is 4.98 Å². The van der Waals surface area contributed by atoms with Crippen LogP contribution in [-0.2, 0) is 6.42 Å². The first-order valence-corrected chi connectivity index (χ1v) is 9.92. The molecule has 0 fully saturated rings. The molecule has 3 rings (SSSR count). The standard InChI is InChI=1S/C24H27N3O2/c1-18(2)29-23-13-7-6-12-21(23)27-24(28)22-15-14-20(17-26-22)25-16-8-11-19-9-4-3-5-10-19/h3-7,9-10,12-15,17-18,25H,8,11,16H2,1-2H3,(H,27,28). The maximum absolute atomic E-state index is 12.5. The van der Waals surface area contributed by atoms with Crippen molar-refractivity contribution in [1.29, 1.82) is 0 Å². The smallest absolute Gasteiger partial charge is 0.274 e. The van der Waals surface area contributed by atoms with Crippen LogP contribution < -0.4 is 15.4 Å². The van der Waals surface area contributed by atoms with Gasteiger partial charge in [-0.1, -0.05) is 42.5 Å². The summed E-state index contributed by atoms with van der Waals surface area (Å²) in [6, 6.07) is 21.4. The van der Waals surface area contributed by atoms with Crippen LogP contribution in [0.3, 0.4) is 0 Å². The quantitative estimate of drug-likeness (QED) is 0.496. The molecule has 3 aromatic rings. The third kappa shape index (κ3) is 6.35. The van der Waals surface area contributed by atoms with Gasteiger partial charge in [-0.05, 0) is 56.5 Å².